The highest BCUT2D eigenvalue weighted by molar-refractivity contribution is 7.18. The Labute approximate surface area is 535 Å². The summed E-state index contributed by atoms with van der Waals surface area (Å²) in [4.78, 5) is 104. The number of amides is 5. The van der Waals surface area contributed by atoms with E-state index in [2.05, 4.69) is 63.9 Å². The minimum absolute atomic E-state index is 0.0326. The molecule has 4 fully saturated rings. The lowest BCUT2D eigenvalue weighted by Gasteiger charge is -2.39. The van der Waals surface area contributed by atoms with Crippen molar-refractivity contribution in [2.45, 2.75) is 140 Å². The van der Waals surface area contributed by atoms with Crippen molar-refractivity contribution in [1.29, 1.82) is 0 Å². The third-order valence-corrected chi connectivity index (χ3v) is 20.1. The Morgan fingerprint density at radius 2 is 1.24 bits per heavy atom. The lowest BCUT2D eigenvalue weighted by atomic mass is 9.80. The molecule has 11 rings (SSSR count). The summed E-state index contributed by atoms with van der Waals surface area (Å²) in [5, 5.41) is 16.0. The second kappa shape index (κ2) is 30.0. The maximum Gasteiger partial charge on any atom is 0.407 e. The number of benzene rings is 4. The number of likely N-dealkylation sites (tertiary alicyclic amines) is 2. The lowest BCUT2D eigenvalue weighted by molar-refractivity contribution is -0.143. The molecular formula is C71H83N9O10S. The quantitative estimate of drug-likeness (QED) is 0.0376. The highest BCUT2D eigenvalue weighted by Gasteiger charge is 2.40. The van der Waals surface area contributed by atoms with Gasteiger partial charge in [-0.15, -0.1) is 11.3 Å². The van der Waals surface area contributed by atoms with Crippen LogP contribution in [0.4, 0.5) is 15.3 Å². The third kappa shape index (κ3) is 15.2. The molecule has 91 heavy (non-hydrogen) atoms. The fourth-order valence-electron chi connectivity index (χ4n) is 13.8. The van der Waals surface area contributed by atoms with Crippen LogP contribution >= 0.6 is 11.3 Å². The number of hydrogen-bond acceptors (Lipinski definition) is 12. The predicted octanol–water partition coefficient (Wildman–Crippen LogP) is 13.7. The van der Waals surface area contributed by atoms with Gasteiger partial charge in [0.2, 0.25) is 11.8 Å². The van der Waals surface area contributed by atoms with Crippen molar-refractivity contribution >= 4 is 52.9 Å². The van der Waals surface area contributed by atoms with Gasteiger partial charge in [0.25, 0.3) is 5.91 Å². The van der Waals surface area contributed by atoms with Crippen LogP contribution in [-0.4, -0.2) is 123 Å². The summed E-state index contributed by atoms with van der Waals surface area (Å²) in [7, 11) is 2.84. The number of thiophene rings is 1. The Balaban J connectivity index is 0.628. The molecular weight excluding hydrogens is 1170 g/mol. The minimum atomic E-state index is -1.03. The van der Waals surface area contributed by atoms with Crippen molar-refractivity contribution in [1.82, 2.24) is 40.4 Å². The standard InChI is InChI=1S/C71H83N9O10S/c1-45-21-25-53(26-22-45)66(81)80(60-42-61(91-63(60)69(84)85)51-14-6-4-7-15-51)54-35-23-46(24-36-54)37-41-90-70(86)72-38-11-10-18-55(77-71(87)89-3)67(82)78-39-12-19-58(78)64-73-43-56(75-64)49-31-27-47(28-32-49)48-29-33-50(34-30-48)57-44-74-65(76-57)59-20-13-40-79(59)68(83)62(88-2)52-16-8-5-9-17-52/h4-9,14-17,27-34,42-46,53-55,58-59,62H,10-13,18-26,35-41H2,1-3H3,(H,72,86)(H,73,75)(H,74,76)(H,77,87)(H,84,85)/t45?,46?,53?,54?,55-,58-,59-,62+/m0/s1. The molecule has 0 spiro atoms. The van der Waals surface area contributed by atoms with E-state index in [1.54, 1.807) is 18.2 Å². The predicted molar refractivity (Wildman–Crippen MR) is 349 cm³/mol. The summed E-state index contributed by atoms with van der Waals surface area (Å²) in [6.45, 7) is 3.93. The number of nitrogens with zero attached hydrogens (tertiary/aromatic N) is 5. The van der Waals surface area contributed by atoms with Gasteiger partial charge < -0.3 is 54.6 Å². The van der Waals surface area contributed by atoms with Crippen molar-refractivity contribution in [3.05, 3.63) is 150 Å². The van der Waals surface area contributed by atoms with Crippen molar-refractivity contribution < 1.29 is 48.1 Å². The number of carboxylic acid groups (broad SMARTS) is 1. The number of unbranched alkanes of at least 4 members (excludes halogenated alkanes) is 1. The van der Waals surface area contributed by atoms with Gasteiger partial charge in [0, 0.05) is 43.6 Å². The number of nitrogens with one attached hydrogen (secondary N) is 4. The molecule has 478 valence electrons. The smallest absolute Gasteiger partial charge is 0.407 e. The van der Waals surface area contributed by atoms with Crippen LogP contribution in [0.5, 0.6) is 0 Å². The van der Waals surface area contributed by atoms with E-state index in [1.807, 2.05) is 94.9 Å². The van der Waals surface area contributed by atoms with Gasteiger partial charge in [-0.3, -0.25) is 14.4 Å². The topological polar surface area (TPSA) is 241 Å². The number of anilines is 1. The van der Waals surface area contributed by atoms with E-state index < -0.39 is 30.3 Å². The average Bonchev–Trinajstić information content (AvgIpc) is 1.76. The molecule has 4 atom stereocenters. The first-order valence-electron chi connectivity index (χ1n) is 32.3. The Hall–Kier alpha value is -8.62. The van der Waals surface area contributed by atoms with Gasteiger partial charge in [-0.2, -0.15) is 0 Å². The molecule has 7 aromatic rings. The first kappa shape index (κ1) is 63.9. The number of carbonyl (C=O) groups is 6. The highest BCUT2D eigenvalue weighted by atomic mass is 32.1. The van der Waals surface area contributed by atoms with Crippen molar-refractivity contribution in [2.24, 2.45) is 17.8 Å². The van der Waals surface area contributed by atoms with Crippen LogP contribution in [0.25, 0.3) is 44.1 Å². The summed E-state index contributed by atoms with van der Waals surface area (Å²) in [5.41, 5.74) is 7.94. The van der Waals surface area contributed by atoms with Gasteiger partial charge in [-0.25, -0.2) is 24.4 Å². The van der Waals surface area contributed by atoms with Crippen LogP contribution < -0.4 is 15.5 Å². The summed E-state index contributed by atoms with van der Waals surface area (Å²) in [6.07, 6.45) is 13.6. The average molecular weight is 1250 g/mol. The molecule has 5 amide bonds. The Morgan fingerprint density at radius 3 is 1.81 bits per heavy atom. The first-order valence-corrected chi connectivity index (χ1v) is 33.2. The number of ether oxygens (including phenoxy) is 3. The monoisotopic (exact) mass is 1250 g/mol. The van der Waals surface area contributed by atoms with Crippen molar-refractivity contribution in [2.75, 3.05) is 45.4 Å². The number of imidazole rings is 2. The van der Waals surface area contributed by atoms with Gasteiger partial charge in [0.1, 0.15) is 22.6 Å². The first-order chi connectivity index (χ1) is 44.3. The zero-order valence-corrected chi connectivity index (χ0v) is 53.0. The van der Waals surface area contributed by atoms with Crippen LogP contribution in [0, 0.1) is 17.8 Å². The van der Waals surface area contributed by atoms with E-state index in [0.29, 0.717) is 69.2 Å². The molecule has 5 N–H and O–H groups in total. The van der Waals surface area contributed by atoms with Crippen LogP contribution in [0.1, 0.15) is 155 Å². The van der Waals surface area contributed by atoms with E-state index in [9.17, 15) is 33.9 Å². The second-order valence-electron chi connectivity index (χ2n) is 24.8. The fraction of sp³-hybridized carbons (Fsp3) is 0.437. The van der Waals surface area contributed by atoms with Crippen LogP contribution in [0.2, 0.25) is 0 Å². The summed E-state index contributed by atoms with van der Waals surface area (Å²) in [6, 6.07) is 36.3. The summed E-state index contributed by atoms with van der Waals surface area (Å²) in [5.74, 6) is 0.855. The van der Waals surface area contributed by atoms with E-state index >= 15 is 0 Å². The van der Waals surface area contributed by atoms with Crippen LogP contribution in [0.3, 0.4) is 0 Å². The molecule has 0 radical (unpaired) electrons. The molecule has 2 saturated heterocycles. The summed E-state index contributed by atoms with van der Waals surface area (Å²) < 4.78 is 16.2. The number of aromatic amines is 2. The zero-order valence-electron chi connectivity index (χ0n) is 52.2. The van der Waals surface area contributed by atoms with Gasteiger partial charge in [-0.1, -0.05) is 116 Å². The third-order valence-electron chi connectivity index (χ3n) is 18.9. The number of hydrogen-bond donors (Lipinski definition) is 5. The fourth-order valence-corrected chi connectivity index (χ4v) is 14.8. The molecule has 2 saturated carbocycles. The van der Waals surface area contributed by atoms with E-state index in [0.717, 1.165) is 126 Å². The Morgan fingerprint density at radius 1 is 0.670 bits per heavy atom. The molecule has 2 aliphatic heterocycles. The molecule has 5 heterocycles. The lowest BCUT2D eigenvalue weighted by Crippen LogP contribution is -2.48. The maximum absolute atomic E-state index is 14.5. The number of aromatic carboxylic acids is 1. The molecule has 20 heteroatoms. The number of rotatable bonds is 23. The number of methoxy groups -OCH3 is 2. The van der Waals surface area contributed by atoms with Crippen molar-refractivity contribution in [3.8, 4) is 44.1 Å². The molecule has 2 aliphatic carbocycles. The van der Waals surface area contributed by atoms with Crippen molar-refractivity contribution in [3.63, 3.8) is 0 Å². The molecule has 19 nitrogen and oxygen atoms in total. The van der Waals surface area contributed by atoms with E-state index in [1.165, 1.54) is 18.4 Å². The number of carbonyl (C=O) groups excluding carboxylic acids is 5. The molecule has 0 bridgehead atoms. The van der Waals surface area contributed by atoms with Gasteiger partial charge in [-0.05, 0) is 154 Å². The Kier molecular flexibility index (Phi) is 21.1. The largest absolute Gasteiger partial charge is 0.477 e. The molecule has 4 aliphatic rings. The Bertz CT molecular complexity index is 3600. The number of alkyl carbamates (subject to hydrolysis) is 2. The normalized spacial score (nSPS) is 20.6. The van der Waals surface area contributed by atoms with Gasteiger partial charge in [0.05, 0.1) is 55.3 Å². The summed E-state index contributed by atoms with van der Waals surface area (Å²) >= 11 is 1.22. The van der Waals surface area contributed by atoms with Crippen LogP contribution in [-0.2, 0) is 28.6 Å². The van der Waals surface area contributed by atoms with E-state index in [4.69, 9.17) is 24.2 Å². The van der Waals surface area contributed by atoms with E-state index in [-0.39, 0.29) is 59.2 Å². The van der Waals surface area contributed by atoms with Gasteiger partial charge >= 0.3 is 18.2 Å². The number of carboxylic acids is 1. The van der Waals surface area contributed by atoms with Crippen LogP contribution in [0.15, 0.2) is 128 Å². The van der Waals surface area contributed by atoms with Gasteiger partial charge in [0.15, 0.2) is 6.10 Å². The molecule has 0 unspecified atom stereocenters. The number of aromatic nitrogens is 4. The zero-order chi connectivity index (χ0) is 63.4. The molecule has 4 aromatic carbocycles. The second-order valence-corrected chi connectivity index (χ2v) is 25.8. The number of H-pyrrole nitrogens is 2. The SMILES string of the molecule is COC(=O)N[C@@H](CCCCNC(=O)OCCC1CCC(N(C(=O)C2CCC(C)CC2)c2cc(-c3ccccc3)sc2C(=O)O)CC1)C(=O)N1CCC[C@H]1c1ncc(-c2ccc(-c3ccc(-c4cnc([C@@H]5CCCN5C(=O)[C@H](OC)c5ccccc5)[nH]4)cc3)cc2)[nH]1. The minimum Gasteiger partial charge on any atom is -0.477 e. The maximum atomic E-state index is 14.5. The highest BCUT2D eigenvalue weighted by Crippen LogP contribution is 2.43. The molecule has 3 aromatic heterocycles.